The number of nitrogens with two attached hydrogens (primary N) is 1. The minimum Gasteiger partial charge on any atom is -0.383 e. The number of nitrogens with zero attached hydrogens (tertiary/aromatic N) is 2. The van der Waals surface area contributed by atoms with Crippen LogP contribution in [0.5, 0.6) is 0 Å². The standard InChI is InChI=1S/C18H13F7N4/c19-16(17(20,21)22,18(23,24)25)13-5-7-14(8-6-13)28-10-29-15(27)12-3-1-11(9-26)2-4-12/h1-10,26H,(H2,27,28,29). The third-order valence-corrected chi connectivity index (χ3v) is 3.82. The van der Waals surface area contributed by atoms with Gasteiger partial charge in [0.15, 0.2) is 0 Å². The number of halogens is 7. The largest absolute Gasteiger partial charge is 0.435 e. The maximum absolute atomic E-state index is 13.9. The highest BCUT2D eigenvalue weighted by molar-refractivity contribution is 6.01. The smallest absolute Gasteiger partial charge is 0.383 e. The summed E-state index contributed by atoms with van der Waals surface area (Å²) in [5.74, 6) is 0.0406. The van der Waals surface area contributed by atoms with Gasteiger partial charge in [0.1, 0.15) is 12.2 Å². The van der Waals surface area contributed by atoms with Crippen LogP contribution in [0.4, 0.5) is 36.4 Å². The fourth-order valence-corrected chi connectivity index (χ4v) is 2.25. The molecule has 11 heteroatoms. The van der Waals surface area contributed by atoms with E-state index in [-0.39, 0.29) is 11.5 Å². The molecule has 0 fully saturated rings. The third-order valence-electron chi connectivity index (χ3n) is 3.82. The first-order chi connectivity index (χ1) is 13.4. The number of hydrogen-bond acceptors (Lipinski definition) is 2. The first-order valence-electron chi connectivity index (χ1n) is 7.80. The Morgan fingerprint density at radius 3 is 1.79 bits per heavy atom. The number of aliphatic imine (C=N–C) groups is 2. The second kappa shape index (κ2) is 8.02. The summed E-state index contributed by atoms with van der Waals surface area (Å²) in [6, 6.07) is 8.72. The van der Waals surface area contributed by atoms with Crippen LogP contribution in [-0.2, 0) is 5.67 Å². The molecule has 0 amide bonds. The van der Waals surface area contributed by atoms with Crippen molar-refractivity contribution in [1.29, 1.82) is 5.41 Å². The maximum Gasteiger partial charge on any atom is 0.435 e. The quantitative estimate of drug-likeness (QED) is 0.399. The van der Waals surface area contributed by atoms with E-state index in [1.807, 2.05) is 0 Å². The number of amidine groups is 1. The molecule has 0 aliphatic carbocycles. The Hall–Kier alpha value is -3.24. The van der Waals surface area contributed by atoms with Gasteiger partial charge in [-0.3, -0.25) is 0 Å². The van der Waals surface area contributed by atoms with Gasteiger partial charge < -0.3 is 11.1 Å². The summed E-state index contributed by atoms with van der Waals surface area (Å²) in [4.78, 5) is 7.55. The van der Waals surface area contributed by atoms with Crippen molar-refractivity contribution in [3.8, 4) is 0 Å². The molecular weight excluding hydrogens is 405 g/mol. The fraction of sp³-hybridized carbons (Fsp3) is 0.167. The summed E-state index contributed by atoms with van der Waals surface area (Å²) in [5.41, 5.74) is -0.283. The predicted molar refractivity (Wildman–Crippen MR) is 94.5 cm³/mol. The molecule has 0 unspecified atom stereocenters. The molecule has 0 aromatic heterocycles. The molecule has 3 N–H and O–H groups in total. The molecule has 154 valence electrons. The molecule has 0 radical (unpaired) electrons. The van der Waals surface area contributed by atoms with E-state index >= 15 is 0 Å². The lowest BCUT2D eigenvalue weighted by atomic mass is 9.94. The van der Waals surface area contributed by atoms with Gasteiger partial charge in [-0.2, -0.15) is 26.3 Å². The third kappa shape index (κ3) is 4.61. The fourth-order valence-electron chi connectivity index (χ4n) is 2.25. The summed E-state index contributed by atoms with van der Waals surface area (Å²) in [6.45, 7) is 0. The molecule has 0 heterocycles. The van der Waals surface area contributed by atoms with E-state index < -0.39 is 23.6 Å². The van der Waals surface area contributed by atoms with Crippen molar-refractivity contribution >= 4 is 24.1 Å². The molecule has 0 spiro atoms. The summed E-state index contributed by atoms with van der Waals surface area (Å²) in [6.07, 6.45) is -10.3. The first-order valence-corrected chi connectivity index (χ1v) is 7.80. The minimum absolute atomic E-state index is 0.0406. The van der Waals surface area contributed by atoms with Gasteiger partial charge in [0, 0.05) is 17.3 Å². The van der Waals surface area contributed by atoms with Gasteiger partial charge in [-0.05, 0) is 17.7 Å². The van der Waals surface area contributed by atoms with Crippen LogP contribution in [0.15, 0.2) is 58.5 Å². The van der Waals surface area contributed by atoms with E-state index in [2.05, 4.69) is 9.98 Å². The SMILES string of the molecule is N=Cc1ccc(C(N)=NC=Nc2ccc(C(F)(C(F)(F)F)C(F)(F)F)cc2)cc1. The van der Waals surface area contributed by atoms with Crippen molar-refractivity contribution in [3.05, 3.63) is 65.2 Å². The highest BCUT2D eigenvalue weighted by atomic mass is 19.4. The molecule has 0 saturated carbocycles. The summed E-state index contributed by atoms with van der Waals surface area (Å²) >= 11 is 0. The Kier molecular flexibility index (Phi) is 6.10. The van der Waals surface area contributed by atoms with Crippen LogP contribution in [0.3, 0.4) is 0 Å². The maximum atomic E-state index is 13.9. The molecule has 2 aromatic carbocycles. The predicted octanol–water partition coefficient (Wildman–Crippen LogP) is 5.04. The second-order valence-corrected chi connectivity index (χ2v) is 5.73. The molecule has 29 heavy (non-hydrogen) atoms. The van der Waals surface area contributed by atoms with Gasteiger partial charge in [-0.25, -0.2) is 14.4 Å². The number of rotatable bonds is 5. The van der Waals surface area contributed by atoms with E-state index in [0.717, 1.165) is 24.7 Å². The summed E-state index contributed by atoms with van der Waals surface area (Å²) < 4.78 is 90.2. The molecule has 0 bridgehead atoms. The van der Waals surface area contributed by atoms with Gasteiger partial charge in [0.2, 0.25) is 0 Å². The van der Waals surface area contributed by atoms with Crippen LogP contribution in [0, 0.1) is 5.41 Å². The highest BCUT2D eigenvalue weighted by Gasteiger charge is 2.73. The van der Waals surface area contributed by atoms with Crippen LogP contribution < -0.4 is 5.73 Å². The average molecular weight is 418 g/mol. The molecule has 2 aromatic rings. The normalized spacial score (nSPS) is 13.7. The molecule has 4 nitrogen and oxygen atoms in total. The van der Waals surface area contributed by atoms with Crippen molar-refractivity contribution in [2.75, 3.05) is 0 Å². The highest BCUT2D eigenvalue weighted by Crippen LogP contribution is 2.53. The van der Waals surface area contributed by atoms with Crippen molar-refractivity contribution in [1.82, 2.24) is 0 Å². The monoisotopic (exact) mass is 418 g/mol. The Bertz CT molecular complexity index is 897. The molecule has 0 atom stereocenters. The number of nitrogens with one attached hydrogen (secondary N) is 1. The molecule has 2 rings (SSSR count). The minimum atomic E-state index is -6.18. The van der Waals surface area contributed by atoms with Gasteiger partial charge in [0.05, 0.1) is 5.69 Å². The molecule has 0 aliphatic rings. The summed E-state index contributed by atoms with van der Waals surface area (Å²) in [7, 11) is 0. The van der Waals surface area contributed by atoms with Crippen molar-refractivity contribution in [2.45, 2.75) is 18.0 Å². The van der Waals surface area contributed by atoms with E-state index in [9.17, 15) is 30.7 Å². The van der Waals surface area contributed by atoms with E-state index in [1.54, 1.807) is 24.3 Å². The Morgan fingerprint density at radius 2 is 1.34 bits per heavy atom. The van der Waals surface area contributed by atoms with E-state index in [4.69, 9.17) is 11.1 Å². The Balaban J connectivity index is 2.22. The lowest BCUT2D eigenvalue weighted by Crippen LogP contribution is -2.50. The molecule has 0 aliphatic heterocycles. The van der Waals surface area contributed by atoms with Gasteiger partial charge >= 0.3 is 18.0 Å². The lowest BCUT2D eigenvalue weighted by Gasteiger charge is -2.30. The zero-order chi connectivity index (χ0) is 21.9. The second-order valence-electron chi connectivity index (χ2n) is 5.73. The summed E-state index contributed by atoms with van der Waals surface area (Å²) in [5, 5.41) is 7.09. The van der Waals surface area contributed by atoms with Crippen molar-refractivity contribution < 1.29 is 30.7 Å². The first kappa shape index (κ1) is 22.1. The van der Waals surface area contributed by atoms with E-state index in [0.29, 0.717) is 23.3 Å². The number of benzene rings is 2. The van der Waals surface area contributed by atoms with Crippen LogP contribution in [-0.4, -0.2) is 30.7 Å². The van der Waals surface area contributed by atoms with E-state index in [1.165, 1.54) is 0 Å². The zero-order valence-electron chi connectivity index (χ0n) is 14.4. The topological polar surface area (TPSA) is 74.6 Å². The van der Waals surface area contributed by atoms with Crippen LogP contribution in [0.1, 0.15) is 16.7 Å². The lowest BCUT2D eigenvalue weighted by molar-refractivity contribution is -0.348. The van der Waals surface area contributed by atoms with Gasteiger partial charge in [0.25, 0.3) is 0 Å². The zero-order valence-corrected chi connectivity index (χ0v) is 14.4. The van der Waals surface area contributed by atoms with Gasteiger partial charge in [-0.1, -0.05) is 36.4 Å². The average Bonchev–Trinajstić information content (AvgIpc) is 2.66. The van der Waals surface area contributed by atoms with Crippen LogP contribution >= 0.6 is 0 Å². The Morgan fingerprint density at radius 1 is 0.828 bits per heavy atom. The number of hydrogen-bond donors (Lipinski definition) is 2. The van der Waals surface area contributed by atoms with Gasteiger partial charge in [-0.15, -0.1) is 0 Å². The van der Waals surface area contributed by atoms with Crippen molar-refractivity contribution in [2.24, 2.45) is 15.7 Å². The van der Waals surface area contributed by atoms with Crippen LogP contribution in [0.2, 0.25) is 0 Å². The van der Waals surface area contributed by atoms with Crippen LogP contribution in [0.25, 0.3) is 0 Å². The molecule has 0 saturated heterocycles. The number of alkyl halides is 7. The Labute approximate surface area is 160 Å². The van der Waals surface area contributed by atoms with Crippen molar-refractivity contribution in [3.63, 3.8) is 0 Å². The molecular formula is C18H13F7N4.